The summed E-state index contributed by atoms with van der Waals surface area (Å²) in [5.41, 5.74) is 3.38. The van der Waals surface area contributed by atoms with E-state index in [2.05, 4.69) is 63.8 Å². The van der Waals surface area contributed by atoms with Crippen molar-refractivity contribution in [2.45, 2.75) is 19.4 Å². The number of benzene rings is 2. The lowest BCUT2D eigenvalue weighted by Crippen LogP contribution is -2.10. The molecule has 0 unspecified atom stereocenters. The standard InChI is InChI=1S/C22H20N4/c1-16(18-7-3-2-4-8-18)24-22-20-10-6-5-9-19(20)21(25-26-22)15-17-11-13-23-14-12-17/h2-14,16H,15H2,1H3,(H,24,26)/t16-/m1/s1. The molecule has 2 aromatic heterocycles. The molecule has 128 valence electrons. The van der Waals surface area contributed by atoms with Gasteiger partial charge in [-0.25, -0.2) is 0 Å². The number of nitrogens with one attached hydrogen (secondary N) is 1. The van der Waals surface area contributed by atoms with E-state index in [9.17, 15) is 0 Å². The molecule has 4 aromatic rings. The van der Waals surface area contributed by atoms with E-state index in [0.717, 1.165) is 28.7 Å². The largest absolute Gasteiger partial charge is 0.362 e. The molecule has 2 heterocycles. The molecule has 0 saturated carbocycles. The van der Waals surface area contributed by atoms with Gasteiger partial charge in [0, 0.05) is 29.6 Å². The van der Waals surface area contributed by atoms with Crippen LogP contribution >= 0.6 is 0 Å². The molecular formula is C22H20N4. The van der Waals surface area contributed by atoms with Gasteiger partial charge in [-0.1, -0.05) is 54.6 Å². The Morgan fingerprint density at radius 1 is 0.808 bits per heavy atom. The van der Waals surface area contributed by atoms with E-state index < -0.39 is 0 Å². The number of rotatable bonds is 5. The van der Waals surface area contributed by atoms with Crippen LogP contribution in [-0.4, -0.2) is 15.2 Å². The third kappa shape index (κ3) is 3.40. The molecule has 1 N–H and O–H groups in total. The highest BCUT2D eigenvalue weighted by atomic mass is 15.2. The molecule has 26 heavy (non-hydrogen) atoms. The normalized spacial score (nSPS) is 12.0. The fourth-order valence-corrected chi connectivity index (χ4v) is 3.12. The average molecular weight is 340 g/mol. The average Bonchev–Trinajstić information content (AvgIpc) is 2.71. The maximum Gasteiger partial charge on any atom is 0.157 e. The summed E-state index contributed by atoms with van der Waals surface area (Å²) in [4.78, 5) is 4.08. The zero-order valence-electron chi connectivity index (χ0n) is 14.6. The second kappa shape index (κ2) is 7.31. The Hall–Kier alpha value is -3.27. The van der Waals surface area contributed by atoms with Crippen LogP contribution in [0.15, 0.2) is 79.1 Å². The molecular weight excluding hydrogens is 320 g/mol. The molecule has 0 radical (unpaired) electrons. The zero-order valence-corrected chi connectivity index (χ0v) is 14.6. The van der Waals surface area contributed by atoms with Gasteiger partial charge in [0.25, 0.3) is 0 Å². The highest BCUT2D eigenvalue weighted by Crippen LogP contribution is 2.27. The number of anilines is 1. The smallest absolute Gasteiger partial charge is 0.157 e. The third-order valence-electron chi connectivity index (χ3n) is 4.54. The molecule has 4 heteroatoms. The quantitative estimate of drug-likeness (QED) is 0.567. The van der Waals surface area contributed by atoms with Crippen molar-refractivity contribution in [3.05, 3.63) is 95.9 Å². The van der Waals surface area contributed by atoms with E-state index >= 15 is 0 Å². The molecule has 0 saturated heterocycles. The number of aromatic nitrogens is 3. The van der Waals surface area contributed by atoms with Gasteiger partial charge in [-0.2, -0.15) is 5.10 Å². The summed E-state index contributed by atoms with van der Waals surface area (Å²) in [5, 5.41) is 14.7. The predicted molar refractivity (Wildman–Crippen MR) is 105 cm³/mol. The molecule has 0 aliphatic rings. The molecule has 1 atom stereocenters. The van der Waals surface area contributed by atoms with Gasteiger partial charge in [0.1, 0.15) is 0 Å². The van der Waals surface area contributed by atoms with Gasteiger partial charge >= 0.3 is 0 Å². The van der Waals surface area contributed by atoms with Gasteiger partial charge in [-0.15, -0.1) is 5.10 Å². The van der Waals surface area contributed by atoms with Crippen LogP contribution in [0.3, 0.4) is 0 Å². The number of nitrogens with zero attached hydrogens (tertiary/aromatic N) is 3. The molecule has 0 amide bonds. The van der Waals surface area contributed by atoms with E-state index in [4.69, 9.17) is 0 Å². The van der Waals surface area contributed by atoms with Crippen molar-refractivity contribution in [2.75, 3.05) is 5.32 Å². The molecule has 0 fully saturated rings. The zero-order chi connectivity index (χ0) is 17.8. The predicted octanol–water partition coefficient (Wildman–Crippen LogP) is 4.79. The minimum atomic E-state index is 0.153. The van der Waals surface area contributed by atoms with Crippen molar-refractivity contribution in [2.24, 2.45) is 0 Å². The molecule has 2 aromatic carbocycles. The van der Waals surface area contributed by atoms with E-state index in [1.165, 1.54) is 11.1 Å². The van der Waals surface area contributed by atoms with Crippen molar-refractivity contribution >= 4 is 16.6 Å². The lowest BCUT2D eigenvalue weighted by molar-refractivity contribution is 0.857. The van der Waals surface area contributed by atoms with Crippen molar-refractivity contribution in [1.82, 2.24) is 15.2 Å². The first-order chi connectivity index (χ1) is 12.8. The SMILES string of the molecule is C[C@@H](Nc1nnc(Cc2ccncc2)c2ccccc12)c1ccccc1. The summed E-state index contributed by atoms with van der Waals surface area (Å²) < 4.78 is 0. The molecule has 0 bridgehead atoms. The topological polar surface area (TPSA) is 50.7 Å². The maximum atomic E-state index is 4.52. The van der Waals surface area contributed by atoms with E-state index in [-0.39, 0.29) is 6.04 Å². The number of hydrogen-bond donors (Lipinski definition) is 1. The van der Waals surface area contributed by atoms with Crippen molar-refractivity contribution in [3.63, 3.8) is 0 Å². The van der Waals surface area contributed by atoms with Gasteiger partial charge < -0.3 is 5.32 Å². The minimum absolute atomic E-state index is 0.153. The van der Waals surface area contributed by atoms with Crippen LogP contribution in [0.4, 0.5) is 5.82 Å². The Morgan fingerprint density at radius 3 is 2.27 bits per heavy atom. The first-order valence-electron chi connectivity index (χ1n) is 8.76. The van der Waals surface area contributed by atoms with E-state index in [1.807, 2.05) is 42.7 Å². The van der Waals surface area contributed by atoms with Crippen LogP contribution in [0, 0.1) is 0 Å². The Kier molecular flexibility index (Phi) is 4.56. The fraction of sp³-hybridized carbons (Fsp3) is 0.136. The summed E-state index contributed by atoms with van der Waals surface area (Å²) in [6.07, 6.45) is 4.36. The highest BCUT2D eigenvalue weighted by molar-refractivity contribution is 5.93. The van der Waals surface area contributed by atoms with Crippen LogP contribution in [-0.2, 0) is 6.42 Å². The number of pyridine rings is 1. The fourth-order valence-electron chi connectivity index (χ4n) is 3.12. The maximum absolute atomic E-state index is 4.52. The summed E-state index contributed by atoms with van der Waals surface area (Å²) in [6, 6.07) is 22.8. The number of fused-ring (bicyclic) bond motifs is 1. The second-order valence-electron chi connectivity index (χ2n) is 6.35. The summed E-state index contributed by atoms with van der Waals surface area (Å²) in [6.45, 7) is 2.14. The van der Waals surface area contributed by atoms with Crippen molar-refractivity contribution in [1.29, 1.82) is 0 Å². The lowest BCUT2D eigenvalue weighted by atomic mass is 10.0. The minimum Gasteiger partial charge on any atom is -0.362 e. The lowest BCUT2D eigenvalue weighted by Gasteiger charge is -2.17. The van der Waals surface area contributed by atoms with Crippen LogP contribution in [0.25, 0.3) is 10.8 Å². The van der Waals surface area contributed by atoms with Gasteiger partial charge in [0.05, 0.1) is 11.7 Å². The number of hydrogen-bond acceptors (Lipinski definition) is 4. The second-order valence-corrected chi connectivity index (χ2v) is 6.35. The summed E-state index contributed by atoms with van der Waals surface area (Å²) in [5.74, 6) is 0.815. The Bertz CT molecular complexity index is 1000. The third-order valence-corrected chi connectivity index (χ3v) is 4.54. The Morgan fingerprint density at radius 2 is 1.50 bits per heavy atom. The summed E-state index contributed by atoms with van der Waals surface area (Å²) in [7, 11) is 0. The van der Waals surface area contributed by atoms with Gasteiger partial charge in [-0.05, 0) is 30.2 Å². The highest BCUT2D eigenvalue weighted by Gasteiger charge is 2.12. The van der Waals surface area contributed by atoms with Crippen LogP contribution < -0.4 is 5.32 Å². The summed E-state index contributed by atoms with van der Waals surface area (Å²) >= 11 is 0. The molecule has 0 spiro atoms. The van der Waals surface area contributed by atoms with Crippen LogP contribution in [0.5, 0.6) is 0 Å². The van der Waals surface area contributed by atoms with Gasteiger partial charge in [0.15, 0.2) is 5.82 Å². The van der Waals surface area contributed by atoms with Gasteiger partial charge in [0.2, 0.25) is 0 Å². The van der Waals surface area contributed by atoms with E-state index in [1.54, 1.807) is 0 Å². The Balaban J connectivity index is 1.68. The monoisotopic (exact) mass is 340 g/mol. The van der Waals surface area contributed by atoms with Crippen LogP contribution in [0.1, 0.15) is 29.8 Å². The first-order valence-corrected chi connectivity index (χ1v) is 8.76. The van der Waals surface area contributed by atoms with Crippen molar-refractivity contribution < 1.29 is 0 Å². The molecule has 4 rings (SSSR count). The first kappa shape index (κ1) is 16.2. The Labute approximate surface area is 152 Å². The molecule has 4 nitrogen and oxygen atoms in total. The van der Waals surface area contributed by atoms with Gasteiger partial charge in [-0.3, -0.25) is 4.98 Å². The van der Waals surface area contributed by atoms with Crippen molar-refractivity contribution in [3.8, 4) is 0 Å². The molecule has 0 aliphatic heterocycles. The van der Waals surface area contributed by atoms with Crippen LogP contribution in [0.2, 0.25) is 0 Å². The van der Waals surface area contributed by atoms with E-state index in [0.29, 0.717) is 0 Å². The molecule has 0 aliphatic carbocycles.